The van der Waals surface area contributed by atoms with E-state index in [1.807, 2.05) is 18.2 Å². The summed E-state index contributed by atoms with van der Waals surface area (Å²) in [6.07, 6.45) is -0.132. The number of anilines is 1. The highest BCUT2D eigenvalue weighted by molar-refractivity contribution is 6.30. The number of nitrogens with zero attached hydrogens (tertiary/aromatic N) is 1. The molecule has 0 bridgehead atoms. The van der Waals surface area contributed by atoms with Crippen molar-refractivity contribution in [3.05, 3.63) is 28.8 Å². The molecule has 1 saturated heterocycles. The molecule has 0 aromatic heterocycles. The first-order chi connectivity index (χ1) is 10.2. The Morgan fingerprint density at radius 1 is 1.52 bits per heavy atom. The molecule has 0 spiro atoms. The molecule has 1 unspecified atom stereocenters. The SMILES string of the molecule is COCCNCc1ccc(Cl)cc1N1CCOC(CO)C1. The molecule has 21 heavy (non-hydrogen) atoms. The maximum Gasteiger partial charge on any atom is 0.0980 e. The topological polar surface area (TPSA) is 54.0 Å². The molecule has 0 amide bonds. The average Bonchev–Trinajstić information content (AvgIpc) is 2.52. The lowest BCUT2D eigenvalue weighted by molar-refractivity contribution is 0.00352. The van der Waals surface area contributed by atoms with E-state index in [0.717, 1.165) is 30.3 Å². The Hall–Kier alpha value is -0.850. The number of benzene rings is 1. The third-order valence-corrected chi connectivity index (χ3v) is 3.76. The Bertz CT molecular complexity index is 445. The van der Waals surface area contributed by atoms with Gasteiger partial charge in [0.25, 0.3) is 0 Å². The van der Waals surface area contributed by atoms with Gasteiger partial charge in [-0.05, 0) is 17.7 Å². The van der Waals surface area contributed by atoms with Crippen LogP contribution in [0.1, 0.15) is 5.56 Å². The summed E-state index contributed by atoms with van der Waals surface area (Å²) in [7, 11) is 1.69. The number of halogens is 1. The van der Waals surface area contributed by atoms with Gasteiger partial charge < -0.3 is 24.8 Å². The van der Waals surface area contributed by atoms with Crippen molar-refractivity contribution in [2.45, 2.75) is 12.6 Å². The predicted octanol–water partition coefficient (Wildman–Crippen LogP) is 1.27. The molecule has 1 aromatic rings. The van der Waals surface area contributed by atoms with Gasteiger partial charge in [0.2, 0.25) is 0 Å². The van der Waals surface area contributed by atoms with Gasteiger partial charge in [-0.1, -0.05) is 17.7 Å². The van der Waals surface area contributed by atoms with E-state index in [4.69, 9.17) is 21.1 Å². The van der Waals surface area contributed by atoms with Crippen molar-refractivity contribution in [1.82, 2.24) is 5.32 Å². The first kappa shape index (κ1) is 16.5. The molecule has 1 aliphatic heterocycles. The minimum atomic E-state index is -0.132. The van der Waals surface area contributed by atoms with Crippen LogP contribution in [0.2, 0.25) is 5.02 Å². The molecule has 1 fully saturated rings. The second-order valence-electron chi connectivity index (χ2n) is 5.06. The summed E-state index contributed by atoms with van der Waals surface area (Å²) in [4.78, 5) is 2.23. The number of hydrogen-bond acceptors (Lipinski definition) is 5. The molecule has 1 aromatic carbocycles. The largest absolute Gasteiger partial charge is 0.394 e. The number of rotatable bonds is 7. The standard InChI is InChI=1S/C15H23ClN2O3/c1-20-6-4-17-9-12-2-3-13(16)8-15(12)18-5-7-21-14(10-18)11-19/h2-3,8,14,17,19H,4-7,9-11H2,1H3. The molecule has 5 nitrogen and oxygen atoms in total. The van der Waals surface area contributed by atoms with Gasteiger partial charge in [-0.2, -0.15) is 0 Å². The third-order valence-electron chi connectivity index (χ3n) is 3.53. The van der Waals surface area contributed by atoms with Crippen molar-refractivity contribution in [2.24, 2.45) is 0 Å². The van der Waals surface area contributed by atoms with Gasteiger partial charge in [0, 0.05) is 44.0 Å². The number of ether oxygens (including phenoxy) is 2. The van der Waals surface area contributed by atoms with Crippen LogP contribution in [-0.4, -0.2) is 57.8 Å². The normalized spacial score (nSPS) is 19.0. The summed E-state index contributed by atoms with van der Waals surface area (Å²) >= 11 is 6.14. The number of aliphatic hydroxyl groups excluding tert-OH is 1. The van der Waals surface area contributed by atoms with Gasteiger partial charge in [0.05, 0.1) is 25.9 Å². The van der Waals surface area contributed by atoms with E-state index in [1.165, 1.54) is 5.56 Å². The summed E-state index contributed by atoms with van der Waals surface area (Å²) in [6.45, 7) is 4.40. The number of aliphatic hydroxyl groups is 1. The van der Waals surface area contributed by atoms with Crippen molar-refractivity contribution in [3.8, 4) is 0 Å². The lowest BCUT2D eigenvalue weighted by Crippen LogP contribution is -2.44. The first-order valence-electron chi connectivity index (χ1n) is 7.20. The summed E-state index contributed by atoms with van der Waals surface area (Å²) in [5, 5.41) is 13.3. The van der Waals surface area contributed by atoms with Crippen LogP contribution >= 0.6 is 11.6 Å². The maximum absolute atomic E-state index is 9.28. The van der Waals surface area contributed by atoms with Gasteiger partial charge in [-0.25, -0.2) is 0 Å². The van der Waals surface area contributed by atoms with Crippen LogP contribution in [-0.2, 0) is 16.0 Å². The van der Waals surface area contributed by atoms with Crippen LogP contribution in [0.3, 0.4) is 0 Å². The van der Waals surface area contributed by atoms with Crippen molar-refractivity contribution in [1.29, 1.82) is 0 Å². The molecular formula is C15H23ClN2O3. The monoisotopic (exact) mass is 314 g/mol. The minimum Gasteiger partial charge on any atom is -0.394 e. The van der Waals surface area contributed by atoms with Crippen LogP contribution in [0.15, 0.2) is 18.2 Å². The van der Waals surface area contributed by atoms with E-state index in [1.54, 1.807) is 7.11 Å². The number of nitrogens with one attached hydrogen (secondary N) is 1. The number of methoxy groups -OCH3 is 1. The summed E-state index contributed by atoms with van der Waals surface area (Å²) in [5.41, 5.74) is 2.29. The summed E-state index contributed by atoms with van der Waals surface area (Å²) < 4.78 is 10.5. The lowest BCUT2D eigenvalue weighted by atomic mass is 10.1. The lowest BCUT2D eigenvalue weighted by Gasteiger charge is -2.35. The number of hydrogen-bond donors (Lipinski definition) is 2. The fourth-order valence-corrected chi connectivity index (χ4v) is 2.59. The van der Waals surface area contributed by atoms with E-state index >= 15 is 0 Å². The minimum absolute atomic E-state index is 0.0402. The molecular weight excluding hydrogens is 292 g/mol. The van der Waals surface area contributed by atoms with Crippen molar-refractivity contribution in [2.75, 3.05) is 51.5 Å². The third kappa shape index (κ3) is 4.83. The second kappa shape index (κ2) is 8.56. The fraction of sp³-hybridized carbons (Fsp3) is 0.600. The molecule has 0 saturated carbocycles. The first-order valence-corrected chi connectivity index (χ1v) is 7.58. The Kier molecular flexibility index (Phi) is 6.73. The predicted molar refractivity (Wildman–Crippen MR) is 84.1 cm³/mol. The van der Waals surface area contributed by atoms with Crippen LogP contribution < -0.4 is 10.2 Å². The van der Waals surface area contributed by atoms with E-state index in [-0.39, 0.29) is 12.7 Å². The average molecular weight is 315 g/mol. The van der Waals surface area contributed by atoms with Crippen molar-refractivity contribution in [3.63, 3.8) is 0 Å². The van der Waals surface area contributed by atoms with Gasteiger partial charge >= 0.3 is 0 Å². The molecule has 0 radical (unpaired) electrons. The van der Waals surface area contributed by atoms with Crippen LogP contribution in [0.4, 0.5) is 5.69 Å². The van der Waals surface area contributed by atoms with Crippen LogP contribution in [0.25, 0.3) is 0 Å². The Labute approximate surface area is 130 Å². The van der Waals surface area contributed by atoms with Crippen LogP contribution in [0.5, 0.6) is 0 Å². The summed E-state index contributed by atoms with van der Waals surface area (Å²) in [5.74, 6) is 0. The van der Waals surface area contributed by atoms with Gasteiger partial charge in [0.1, 0.15) is 0 Å². The van der Waals surface area contributed by atoms with Crippen LogP contribution in [0, 0.1) is 0 Å². The molecule has 1 heterocycles. The van der Waals surface area contributed by atoms with E-state index in [0.29, 0.717) is 19.8 Å². The van der Waals surface area contributed by atoms with E-state index < -0.39 is 0 Å². The maximum atomic E-state index is 9.28. The fourth-order valence-electron chi connectivity index (χ4n) is 2.43. The van der Waals surface area contributed by atoms with E-state index in [9.17, 15) is 5.11 Å². The zero-order valence-corrected chi connectivity index (χ0v) is 13.1. The Morgan fingerprint density at radius 3 is 3.14 bits per heavy atom. The van der Waals surface area contributed by atoms with Crippen molar-refractivity contribution >= 4 is 17.3 Å². The molecule has 1 aliphatic rings. The Morgan fingerprint density at radius 2 is 2.38 bits per heavy atom. The van der Waals surface area contributed by atoms with Gasteiger partial charge in [-0.15, -0.1) is 0 Å². The zero-order chi connectivity index (χ0) is 15.1. The zero-order valence-electron chi connectivity index (χ0n) is 12.3. The van der Waals surface area contributed by atoms with E-state index in [2.05, 4.69) is 10.2 Å². The molecule has 2 rings (SSSR count). The quantitative estimate of drug-likeness (QED) is 0.743. The smallest absolute Gasteiger partial charge is 0.0980 e. The molecule has 0 aliphatic carbocycles. The Balaban J connectivity index is 2.07. The van der Waals surface area contributed by atoms with Gasteiger partial charge in [-0.3, -0.25) is 0 Å². The van der Waals surface area contributed by atoms with Gasteiger partial charge in [0.15, 0.2) is 0 Å². The molecule has 118 valence electrons. The number of morpholine rings is 1. The molecule has 1 atom stereocenters. The van der Waals surface area contributed by atoms with Crippen molar-refractivity contribution < 1.29 is 14.6 Å². The molecule has 6 heteroatoms. The molecule has 2 N–H and O–H groups in total. The second-order valence-corrected chi connectivity index (χ2v) is 5.50. The summed E-state index contributed by atoms with van der Waals surface area (Å²) in [6, 6.07) is 5.93. The highest BCUT2D eigenvalue weighted by atomic mass is 35.5. The highest BCUT2D eigenvalue weighted by Crippen LogP contribution is 2.26. The highest BCUT2D eigenvalue weighted by Gasteiger charge is 2.21.